The molecular weight excluding hydrogens is 254 g/mol. The lowest BCUT2D eigenvalue weighted by atomic mass is 10.4. The lowest BCUT2D eigenvalue weighted by Crippen LogP contribution is -2.11. The fourth-order valence-electron chi connectivity index (χ4n) is 2.03. The third-order valence-electron chi connectivity index (χ3n) is 2.96. The summed E-state index contributed by atoms with van der Waals surface area (Å²) in [6.07, 6.45) is 0.959. The van der Waals surface area contributed by atoms with Crippen LogP contribution in [0.2, 0.25) is 0 Å². The molecule has 20 heavy (non-hydrogen) atoms. The smallest absolute Gasteiger partial charge is 0.223 e. The summed E-state index contributed by atoms with van der Waals surface area (Å²) in [4.78, 5) is 8.19. The van der Waals surface area contributed by atoms with Crippen LogP contribution < -0.4 is 16.4 Å². The van der Waals surface area contributed by atoms with Crippen LogP contribution in [0.3, 0.4) is 0 Å². The van der Waals surface area contributed by atoms with Gasteiger partial charge in [0.15, 0.2) is 0 Å². The highest BCUT2D eigenvalue weighted by Crippen LogP contribution is 2.11. The average molecular weight is 275 g/mol. The summed E-state index contributed by atoms with van der Waals surface area (Å²) in [5.74, 6) is 1.70. The minimum Gasteiger partial charge on any atom is -0.373 e. The second-order valence-electron chi connectivity index (χ2n) is 4.68. The molecule has 0 spiro atoms. The standard InChI is InChI=1S/C13H21N7/c1-9-7-10(2)20(19-9)6-4-5-16-12-8-11(15-3)17-13(14)18-12/h7-8H,4-6H2,1-3H3,(H4,14,15,16,17,18). The Balaban J connectivity index is 1.84. The third-order valence-corrected chi connectivity index (χ3v) is 2.96. The van der Waals surface area contributed by atoms with E-state index >= 15 is 0 Å². The zero-order valence-corrected chi connectivity index (χ0v) is 12.1. The third kappa shape index (κ3) is 3.59. The molecule has 0 saturated carbocycles. The number of nitrogen functional groups attached to an aromatic ring is 1. The first-order valence-electron chi connectivity index (χ1n) is 6.65. The molecule has 2 aromatic heterocycles. The van der Waals surface area contributed by atoms with E-state index in [1.165, 1.54) is 5.69 Å². The van der Waals surface area contributed by atoms with E-state index in [1.807, 2.05) is 17.7 Å². The van der Waals surface area contributed by atoms with Gasteiger partial charge >= 0.3 is 0 Å². The highest BCUT2D eigenvalue weighted by molar-refractivity contribution is 5.50. The highest BCUT2D eigenvalue weighted by atomic mass is 15.3. The first kappa shape index (κ1) is 14.1. The van der Waals surface area contributed by atoms with Crippen molar-refractivity contribution in [3.8, 4) is 0 Å². The maximum absolute atomic E-state index is 5.64. The number of aromatic nitrogens is 4. The SMILES string of the molecule is CNc1cc(NCCCn2nc(C)cc2C)nc(N)n1. The van der Waals surface area contributed by atoms with E-state index in [1.54, 1.807) is 7.05 Å². The van der Waals surface area contributed by atoms with Crippen LogP contribution >= 0.6 is 0 Å². The predicted molar refractivity (Wildman–Crippen MR) is 80.8 cm³/mol. The molecule has 0 bridgehead atoms. The van der Waals surface area contributed by atoms with Crippen molar-refractivity contribution in [2.24, 2.45) is 0 Å². The van der Waals surface area contributed by atoms with Gasteiger partial charge in [-0.15, -0.1) is 0 Å². The molecule has 2 rings (SSSR count). The van der Waals surface area contributed by atoms with Gasteiger partial charge in [-0.25, -0.2) is 0 Å². The molecule has 2 aromatic rings. The summed E-state index contributed by atoms with van der Waals surface area (Å²) in [5, 5.41) is 10.6. The summed E-state index contributed by atoms with van der Waals surface area (Å²) in [6, 6.07) is 3.91. The summed E-state index contributed by atoms with van der Waals surface area (Å²) >= 11 is 0. The van der Waals surface area contributed by atoms with E-state index in [4.69, 9.17) is 5.73 Å². The molecule has 0 aliphatic rings. The Morgan fingerprint density at radius 3 is 2.60 bits per heavy atom. The van der Waals surface area contributed by atoms with E-state index in [-0.39, 0.29) is 5.95 Å². The first-order chi connectivity index (χ1) is 9.58. The van der Waals surface area contributed by atoms with Gasteiger partial charge in [0.05, 0.1) is 5.69 Å². The molecule has 0 aliphatic carbocycles. The van der Waals surface area contributed by atoms with Gasteiger partial charge in [-0.05, 0) is 26.3 Å². The maximum Gasteiger partial charge on any atom is 0.223 e. The Morgan fingerprint density at radius 2 is 1.95 bits per heavy atom. The zero-order chi connectivity index (χ0) is 14.5. The second-order valence-corrected chi connectivity index (χ2v) is 4.68. The minimum absolute atomic E-state index is 0.262. The molecule has 7 heteroatoms. The molecule has 0 aliphatic heterocycles. The van der Waals surface area contributed by atoms with Crippen molar-refractivity contribution in [1.29, 1.82) is 0 Å². The first-order valence-corrected chi connectivity index (χ1v) is 6.65. The number of hydrogen-bond donors (Lipinski definition) is 3. The summed E-state index contributed by atoms with van der Waals surface area (Å²) < 4.78 is 2.02. The number of hydrogen-bond acceptors (Lipinski definition) is 6. The Morgan fingerprint density at radius 1 is 1.20 bits per heavy atom. The van der Waals surface area contributed by atoms with E-state index in [9.17, 15) is 0 Å². The fraction of sp³-hybridized carbons (Fsp3) is 0.462. The van der Waals surface area contributed by atoms with Gasteiger partial charge in [0.1, 0.15) is 11.6 Å². The molecule has 0 fully saturated rings. The molecule has 0 atom stereocenters. The topological polar surface area (TPSA) is 93.7 Å². The number of rotatable bonds is 6. The van der Waals surface area contributed by atoms with Crippen LogP contribution in [0.1, 0.15) is 17.8 Å². The molecule has 0 aromatic carbocycles. The predicted octanol–water partition coefficient (Wildman–Crippen LogP) is 1.42. The number of aryl methyl sites for hydroxylation is 3. The number of nitrogens with two attached hydrogens (primary N) is 1. The van der Waals surface area contributed by atoms with Crippen molar-refractivity contribution >= 4 is 17.6 Å². The van der Waals surface area contributed by atoms with Crippen LogP contribution in [-0.4, -0.2) is 33.3 Å². The van der Waals surface area contributed by atoms with Gasteiger partial charge < -0.3 is 16.4 Å². The van der Waals surface area contributed by atoms with Crippen molar-refractivity contribution in [3.05, 3.63) is 23.5 Å². The number of nitrogens with one attached hydrogen (secondary N) is 2. The van der Waals surface area contributed by atoms with Crippen molar-refractivity contribution in [2.45, 2.75) is 26.8 Å². The van der Waals surface area contributed by atoms with Gasteiger partial charge in [-0.2, -0.15) is 15.1 Å². The van der Waals surface area contributed by atoms with Crippen LogP contribution in [0.25, 0.3) is 0 Å². The van der Waals surface area contributed by atoms with E-state index in [0.29, 0.717) is 5.82 Å². The van der Waals surface area contributed by atoms with Crippen molar-refractivity contribution in [2.75, 3.05) is 30.0 Å². The van der Waals surface area contributed by atoms with E-state index in [0.717, 1.165) is 31.0 Å². The average Bonchev–Trinajstić information content (AvgIpc) is 2.72. The van der Waals surface area contributed by atoms with Crippen molar-refractivity contribution < 1.29 is 0 Å². The Labute approximate surface area is 118 Å². The molecule has 2 heterocycles. The molecule has 0 unspecified atom stereocenters. The lowest BCUT2D eigenvalue weighted by Gasteiger charge is -2.08. The molecule has 7 nitrogen and oxygen atoms in total. The maximum atomic E-state index is 5.64. The van der Waals surface area contributed by atoms with E-state index in [2.05, 4.69) is 38.7 Å². The van der Waals surface area contributed by atoms with Crippen LogP contribution in [0, 0.1) is 13.8 Å². The van der Waals surface area contributed by atoms with Crippen LogP contribution in [0.5, 0.6) is 0 Å². The Kier molecular flexibility index (Phi) is 4.39. The summed E-state index contributed by atoms with van der Waals surface area (Å²) in [5.41, 5.74) is 7.88. The quantitative estimate of drug-likeness (QED) is 0.690. The van der Waals surface area contributed by atoms with Gasteiger partial charge in [0, 0.05) is 31.9 Å². The Hall–Kier alpha value is -2.31. The lowest BCUT2D eigenvalue weighted by molar-refractivity contribution is 0.573. The van der Waals surface area contributed by atoms with Crippen molar-refractivity contribution in [1.82, 2.24) is 19.7 Å². The van der Waals surface area contributed by atoms with Gasteiger partial charge in [-0.3, -0.25) is 4.68 Å². The van der Waals surface area contributed by atoms with Gasteiger partial charge in [0.25, 0.3) is 0 Å². The minimum atomic E-state index is 0.262. The van der Waals surface area contributed by atoms with Crippen LogP contribution in [0.4, 0.5) is 17.6 Å². The zero-order valence-electron chi connectivity index (χ0n) is 12.1. The molecular formula is C13H21N7. The summed E-state index contributed by atoms with van der Waals surface area (Å²) in [6.45, 7) is 5.76. The number of nitrogens with zero attached hydrogens (tertiary/aromatic N) is 4. The molecule has 4 N–H and O–H groups in total. The molecule has 0 amide bonds. The van der Waals surface area contributed by atoms with E-state index < -0.39 is 0 Å². The number of anilines is 3. The summed E-state index contributed by atoms with van der Waals surface area (Å²) in [7, 11) is 1.80. The normalized spacial score (nSPS) is 10.6. The highest BCUT2D eigenvalue weighted by Gasteiger charge is 2.02. The monoisotopic (exact) mass is 275 g/mol. The van der Waals surface area contributed by atoms with Gasteiger partial charge in [-0.1, -0.05) is 0 Å². The molecule has 108 valence electrons. The van der Waals surface area contributed by atoms with Crippen LogP contribution in [0.15, 0.2) is 12.1 Å². The fourth-order valence-corrected chi connectivity index (χ4v) is 2.03. The van der Waals surface area contributed by atoms with Crippen LogP contribution in [-0.2, 0) is 6.54 Å². The molecule has 0 radical (unpaired) electrons. The second kappa shape index (κ2) is 6.23. The molecule has 0 saturated heterocycles. The largest absolute Gasteiger partial charge is 0.373 e. The van der Waals surface area contributed by atoms with Gasteiger partial charge in [0.2, 0.25) is 5.95 Å². The van der Waals surface area contributed by atoms with Crippen molar-refractivity contribution in [3.63, 3.8) is 0 Å². The Bertz CT molecular complexity index is 576.